The number of rotatable bonds is 6. The summed E-state index contributed by atoms with van der Waals surface area (Å²) >= 11 is 0. The molecule has 2 saturated heterocycles. The molecule has 1 aliphatic carbocycles. The second-order valence-electron chi connectivity index (χ2n) is 5.67. The van der Waals surface area contributed by atoms with Gasteiger partial charge >= 0.3 is 11.9 Å². The van der Waals surface area contributed by atoms with Crippen molar-refractivity contribution in [2.75, 3.05) is 26.4 Å². The summed E-state index contributed by atoms with van der Waals surface area (Å²) in [7, 11) is 0. The molecule has 0 radical (unpaired) electrons. The summed E-state index contributed by atoms with van der Waals surface area (Å²) in [5, 5.41) is 0. The average molecular weight is 284 g/mol. The molecular formula is C14H20O6. The molecule has 3 rings (SSSR count). The molecule has 6 nitrogen and oxygen atoms in total. The van der Waals surface area contributed by atoms with Crippen LogP contribution in [0.4, 0.5) is 0 Å². The highest BCUT2D eigenvalue weighted by molar-refractivity contribution is 5.82. The monoisotopic (exact) mass is 284 g/mol. The molecular weight excluding hydrogens is 264 g/mol. The second-order valence-corrected chi connectivity index (χ2v) is 5.67. The van der Waals surface area contributed by atoms with Gasteiger partial charge in [0.25, 0.3) is 0 Å². The van der Waals surface area contributed by atoms with Gasteiger partial charge in [-0.2, -0.15) is 0 Å². The number of epoxide rings is 2. The van der Waals surface area contributed by atoms with Gasteiger partial charge in [-0.1, -0.05) is 12.8 Å². The third-order valence-electron chi connectivity index (χ3n) is 4.00. The number of carbonyl (C=O) groups is 2. The van der Waals surface area contributed by atoms with E-state index in [1.54, 1.807) is 0 Å². The van der Waals surface area contributed by atoms with Crippen molar-refractivity contribution in [1.29, 1.82) is 0 Å². The Morgan fingerprint density at radius 2 is 1.25 bits per heavy atom. The van der Waals surface area contributed by atoms with Crippen LogP contribution in [0.3, 0.4) is 0 Å². The zero-order valence-corrected chi connectivity index (χ0v) is 11.4. The van der Waals surface area contributed by atoms with Gasteiger partial charge in [0, 0.05) is 0 Å². The highest BCUT2D eigenvalue weighted by Gasteiger charge is 2.39. The van der Waals surface area contributed by atoms with Crippen LogP contribution >= 0.6 is 0 Å². The summed E-state index contributed by atoms with van der Waals surface area (Å²) in [5.74, 6) is -1.31. The first-order valence-electron chi connectivity index (χ1n) is 7.30. The maximum atomic E-state index is 12.1. The minimum atomic E-state index is -0.366. The zero-order valence-electron chi connectivity index (χ0n) is 11.4. The summed E-state index contributed by atoms with van der Waals surface area (Å²) in [6, 6.07) is 0. The molecule has 1 saturated carbocycles. The first-order chi connectivity index (χ1) is 9.74. The van der Waals surface area contributed by atoms with E-state index >= 15 is 0 Å². The molecule has 3 fully saturated rings. The Kier molecular flexibility index (Phi) is 4.21. The van der Waals surface area contributed by atoms with Gasteiger partial charge in [0.1, 0.15) is 25.4 Å². The minimum absolute atomic E-state index is 0.0555. The van der Waals surface area contributed by atoms with E-state index in [2.05, 4.69) is 0 Å². The first kappa shape index (κ1) is 13.8. The van der Waals surface area contributed by atoms with Gasteiger partial charge in [-0.05, 0) is 12.8 Å². The van der Waals surface area contributed by atoms with Crippen LogP contribution in [0.25, 0.3) is 0 Å². The van der Waals surface area contributed by atoms with Gasteiger partial charge in [0.05, 0.1) is 25.0 Å². The van der Waals surface area contributed by atoms with Gasteiger partial charge in [-0.25, -0.2) is 0 Å². The van der Waals surface area contributed by atoms with Crippen LogP contribution in [0.5, 0.6) is 0 Å². The quantitative estimate of drug-likeness (QED) is 0.527. The van der Waals surface area contributed by atoms with Crippen molar-refractivity contribution in [2.45, 2.75) is 37.9 Å². The average Bonchev–Trinajstić information content (AvgIpc) is 3.36. The van der Waals surface area contributed by atoms with E-state index in [1.807, 2.05) is 0 Å². The molecule has 0 aromatic rings. The summed E-state index contributed by atoms with van der Waals surface area (Å²) < 4.78 is 20.5. The lowest BCUT2D eigenvalue weighted by Gasteiger charge is -2.28. The highest BCUT2D eigenvalue weighted by Crippen LogP contribution is 2.32. The minimum Gasteiger partial charge on any atom is -0.463 e. The van der Waals surface area contributed by atoms with E-state index in [0.717, 1.165) is 12.8 Å². The molecule has 6 heteroatoms. The summed E-state index contributed by atoms with van der Waals surface area (Å²) in [5.41, 5.74) is 0. The molecule has 0 bridgehead atoms. The van der Waals surface area contributed by atoms with Crippen LogP contribution in [-0.2, 0) is 28.5 Å². The topological polar surface area (TPSA) is 77.7 Å². The molecule has 0 aromatic heterocycles. The normalized spacial score (nSPS) is 35.2. The van der Waals surface area contributed by atoms with Crippen molar-refractivity contribution in [3.8, 4) is 0 Å². The van der Waals surface area contributed by atoms with Crippen molar-refractivity contribution in [3.05, 3.63) is 0 Å². The SMILES string of the molecule is O=C(OCC1CO1)[C@@H]1CCCC[C@H]1C(=O)OCC1CO1. The molecule has 0 spiro atoms. The van der Waals surface area contributed by atoms with Gasteiger partial charge in [0.2, 0.25) is 0 Å². The molecule has 2 aliphatic heterocycles. The van der Waals surface area contributed by atoms with Gasteiger partial charge in [0.15, 0.2) is 0 Å². The van der Waals surface area contributed by atoms with E-state index in [1.165, 1.54) is 0 Å². The fourth-order valence-electron chi connectivity index (χ4n) is 2.59. The van der Waals surface area contributed by atoms with Crippen molar-refractivity contribution in [3.63, 3.8) is 0 Å². The van der Waals surface area contributed by atoms with Crippen LogP contribution in [0, 0.1) is 11.8 Å². The van der Waals surface area contributed by atoms with Crippen molar-refractivity contribution in [2.24, 2.45) is 11.8 Å². The van der Waals surface area contributed by atoms with Crippen molar-refractivity contribution < 1.29 is 28.5 Å². The molecule has 2 heterocycles. The van der Waals surface area contributed by atoms with Crippen LogP contribution in [0.2, 0.25) is 0 Å². The van der Waals surface area contributed by atoms with Crippen LogP contribution in [-0.4, -0.2) is 50.6 Å². The van der Waals surface area contributed by atoms with E-state index in [9.17, 15) is 9.59 Å². The molecule has 4 atom stereocenters. The summed E-state index contributed by atoms with van der Waals surface area (Å²) in [6.07, 6.45) is 3.42. The predicted molar refractivity (Wildman–Crippen MR) is 66.8 cm³/mol. The molecule has 2 unspecified atom stereocenters. The lowest BCUT2D eigenvalue weighted by Crippen LogP contribution is -2.35. The third-order valence-corrected chi connectivity index (χ3v) is 4.00. The lowest BCUT2D eigenvalue weighted by atomic mass is 9.79. The Bertz CT molecular complexity index is 338. The Labute approximate surface area is 117 Å². The third kappa shape index (κ3) is 3.70. The Morgan fingerprint density at radius 3 is 1.60 bits per heavy atom. The van der Waals surface area contributed by atoms with E-state index in [4.69, 9.17) is 18.9 Å². The number of hydrogen-bond donors (Lipinski definition) is 0. The standard InChI is InChI=1S/C14H20O6/c15-13(19-7-9-5-17-9)11-3-1-2-4-12(11)14(16)20-8-10-6-18-10/h9-12H,1-8H2/t9?,10?,11-,12-/m1/s1. The summed E-state index contributed by atoms with van der Waals surface area (Å²) in [4.78, 5) is 24.2. The predicted octanol–water partition coefficient (Wildman–Crippen LogP) is 0.677. The van der Waals surface area contributed by atoms with E-state index < -0.39 is 0 Å². The van der Waals surface area contributed by atoms with Crippen molar-refractivity contribution in [1.82, 2.24) is 0 Å². The zero-order chi connectivity index (χ0) is 13.9. The largest absolute Gasteiger partial charge is 0.463 e. The van der Waals surface area contributed by atoms with Crippen LogP contribution in [0.15, 0.2) is 0 Å². The fraction of sp³-hybridized carbons (Fsp3) is 0.857. The molecule has 0 N–H and O–H groups in total. The fourth-order valence-corrected chi connectivity index (χ4v) is 2.59. The van der Waals surface area contributed by atoms with Crippen LogP contribution in [0.1, 0.15) is 25.7 Å². The number of ether oxygens (including phenoxy) is 4. The molecule has 112 valence electrons. The van der Waals surface area contributed by atoms with Gasteiger partial charge < -0.3 is 18.9 Å². The summed E-state index contributed by atoms with van der Waals surface area (Å²) in [6.45, 7) is 1.91. The smallest absolute Gasteiger partial charge is 0.309 e. The van der Waals surface area contributed by atoms with E-state index in [0.29, 0.717) is 39.3 Å². The van der Waals surface area contributed by atoms with Gasteiger partial charge in [-0.3, -0.25) is 9.59 Å². The number of carbonyl (C=O) groups excluding carboxylic acids is 2. The Hall–Kier alpha value is -1.14. The lowest BCUT2D eigenvalue weighted by molar-refractivity contribution is -0.163. The maximum Gasteiger partial charge on any atom is 0.309 e. The first-order valence-corrected chi connectivity index (χ1v) is 7.30. The van der Waals surface area contributed by atoms with Gasteiger partial charge in [-0.15, -0.1) is 0 Å². The molecule has 0 amide bonds. The molecule has 20 heavy (non-hydrogen) atoms. The Balaban J connectivity index is 1.50. The Morgan fingerprint density at radius 1 is 0.850 bits per heavy atom. The molecule has 0 aromatic carbocycles. The van der Waals surface area contributed by atoms with Crippen LogP contribution < -0.4 is 0 Å². The number of esters is 2. The maximum absolute atomic E-state index is 12.1. The molecule has 3 aliphatic rings. The second kappa shape index (κ2) is 6.10. The van der Waals surface area contributed by atoms with Crippen molar-refractivity contribution >= 4 is 11.9 Å². The van der Waals surface area contributed by atoms with E-state index in [-0.39, 0.29) is 36.0 Å². The highest BCUT2D eigenvalue weighted by atomic mass is 16.6. The number of hydrogen-bond acceptors (Lipinski definition) is 6.